The third-order valence-corrected chi connectivity index (χ3v) is 9.32. The molecule has 2 fully saturated rings. The number of benzene rings is 1. The van der Waals surface area contributed by atoms with E-state index in [1.807, 2.05) is 32.2 Å². The van der Waals surface area contributed by atoms with Crippen LogP contribution in [0.25, 0.3) is 11.1 Å². The quantitative estimate of drug-likeness (QED) is 0.181. The fourth-order valence-electron chi connectivity index (χ4n) is 6.87. The van der Waals surface area contributed by atoms with Crippen LogP contribution in [0, 0.1) is 11.3 Å². The van der Waals surface area contributed by atoms with Crippen molar-refractivity contribution in [3.05, 3.63) is 55.0 Å². The van der Waals surface area contributed by atoms with Crippen molar-refractivity contribution in [3.8, 4) is 28.8 Å². The summed E-state index contributed by atoms with van der Waals surface area (Å²) in [4.78, 5) is 15.8. The van der Waals surface area contributed by atoms with E-state index in [0.29, 0.717) is 42.3 Å². The van der Waals surface area contributed by atoms with E-state index >= 15 is 0 Å². The molecule has 1 aliphatic carbocycles. The zero-order valence-electron chi connectivity index (χ0n) is 29.6. The Morgan fingerprint density at radius 3 is 2.42 bits per heavy atom. The number of hydrogen-bond donors (Lipinski definition) is 1. The van der Waals surface area contributed by atoms with Gasteiger partial charge in [-0.05, 0) is 71.1 Å². The van der Waals surface area contributed by atoms with Gasteiger partial charge in [0, 0.05) is 57.2 Å². The molecule has 0 bridgehead atoms. The van der Waals surface area contributed by atoms with Crippen molar-refractivity contribution < 1.29 is 18.9 Å². The fourth-order valence-corrected chi connectivity index (χ4v) is 6.87. The first-order valence-electron chi connectivity index (χ1n) is 17.5. The first kappa shape index (κ1) is 35.3. The van der Waals surface area contributed by atoms with E-state index in [4.69, 9.17) is 24.0 Å². The number of rotatable bonds is 14. The summed E-state index contributed by atoms with van der Waals surface area (Å²) >= 11 is 0. The molecule has 1 unspecified atom stereocenters. The third-order valence-electron chi connectivity index (χ3n) is 9.32. The number of anilines is 2. The first-order valence-corrected chi connectivity index (χ1v) is 17.5. The van der Waals surface area contributed by atoms with Crippen LogP contribution in [-0.4, -0.2) is 96.7 Å². The van der Waals surface area contributed by atoms with Crippen LogP contribution in [0.1, 0.15) is 71.4 Å². The standard InChI is InChI=1S/C36H48N10O4/c1-24(12-13-47-5)50-35-33(21-46(43-35)32-10-8-31(9-11-32)44-18-25(2)48-26(3)19-44)42-36-39-16-30(17-40-36)28-6-7-29(15-37)34(14-28)49-27(4)20-45-23-38-22-41-45/h6-7,14,16-17,21-27,31-32H,8-13,18-20H2,1-5H3,(H,39,40,42)/t24?,25-,26+,27-,31-,32-/m0/s1. The van der Waals surface area contributed by atoms with Crippen molar-refractivity contribution in [1.29, 1.82) is 5.26 Å². The van der Waals surface area contributed by atoms with Gasteiger partial charge in [0.1, 0.15) is 36.3 Å². The van der Waals surface area contributed by atoms with E-state index in [2.05, 4.69) is 54.9 Å². The SMILES string of the molecule is COCCC(C)Oc1nn([C@H]2CC[C@H](N3C[C@@H](C)O[C@@H](C)C3)CC2)cc1Nc1ncc(-c2ccc(C#N)c(O[C@@H](C)Cn3cncn3)c2)cn1. The minimum atomic E-state index is -0.233. The van der Waals surface area contributed by atoms with E-state index in [-0.39, 0.29) is 30.5 Å². The molecule has 1 saturated heterocycles. The Balaban J connectivity index is 1.14. The number of hydrogen-bond acceptors (Lipinski definition) is 12. The van der Waals surface area contributed by atoms with Gasteiger partial charge in [0.15, 0.2) is 0 Å². The van der Waals surface area contributed by atoms with Gasteiger partial charge in [0.25, 0.3) is 5.88 Å². The van der Waals surface area contributed by atoms with Gasteiger partial charge < -0.3 is 24.3 Å². The molecule has 1 aliphatic heterocycles. The van der Waals surface area contributed by atoms with Crippen molar-refractivity contribution in [2.45, 2.75) is 103 Å². The zero-order valence-corrected chi connectivity index (χ0v) is 29.6. The Hall–Kier alpha value is -4.58. The summed E-state index contributed by atoms with van der Waals surface area (Å²) in [5, 5.41) is 22.1. The summed E-state index contributed by atoms with van der Waals surface area (Å²) in [5.41, 5.74) is 2.78. The molecule has 1 N–H and O–H groups in total. The van der Waals surface area contributed by atoms with Crippen LogP contribution in [0.15, 0.2) is 49.4 Å². The molecule has 0 amide bonds. The van der Waals surface area contributed by atoms with E-state index in [0.717, 1.165) is 62.0 Å². The van der Waals surface area contributed by atoms with Crippen LogP contribution in [0.3, 0.4) is 0 Å². The number of nitriles is 1. The normalized spacial score (nSPS) is 22.4. The average Bonchev–Trinajstić information content (AvgIpc) is 3.77. The maximum atomic E-state index is 9.69. The number of aromatic nitrogens is 7. The van der Waals surface area contributed by atoms with E-state index in [9.17, 15) is 5.26 Å². The van der Waals surface area contributed by atoms with Gasteiger partial charge in [-0.2, -0.15) is 10.4 Å². The maximum Gasteiger partial charge on any atom is 0.257 e. The van der Waals surface area contributed by atoms with Crippen molar-refractivity contribution in [1.82, 2.24) is 39.4 Å². The minimum Gasteiger partial charge on any atom is -0.487 e. The second-order valence-corrected chi connectivity index (χ2v) is 13.5. The predicted octanol–water partition coefficient (Wildman–Crippen LogP) is 5.41. The fraction of sp³-hybridized carbons (Fsp3) is 0.556. The van der Waals surface area contributed by atoms with Crippen LogP contribution < -0.4 is 14.8 Å². The second kappa shape index (κ2) is 16.4. The van der Waals surface area contributed by atoms with Crippen molar-refractivity contribution in [2.75, 3.05) is 32.1 Å². The molecule has 1 aromatic carbocycles. The molecule has 0 radical (unpaired) electrons. The highest BCUT2D eigenvalue weighted by molar-refractivity contribution is 5.67. The van der Waals surface area contributed by atoms with Gasteiger partial charge in [0.05, 0.1) is 42.7 Å². The summed E-state index contributed by atoms with van der Waals surface area (Å²) in [6.07, 6.45) is 13.9. The summed E-state index contributed by atoms with van der Waals surface area (Å²) in [7, 11) is 1.69. The molecule has 0 spiro atoms. The Bertz CT molecular complexity index is 1690. The monoisotopic (exact) mass is 684 g/mol. The summed E-state index contributed by atoms with van der Waals surface area (Å²) in [5.74, 6) is 1.43. The lowest BCUT2D eigenvalue weighted by molar-refractivity contribution is -0.0852. The third kappa shape index (κ3) is 8.95. The highest BCUT2D eigenvalue weighted by atomic mass is 16.5. The molecule has 6 rings (SSSR count). The molecule has 14 heteroatoms. The van der Waals surface area contributed by atoms with Crippen molar-refractivity contribution in [3.63, 3.8) is 0 Å². The highest BCUT2D eigenvalue weighted by Crippen LogP contribution is 2.36. The molecule has 1 saturated carbocycles. The Morgan fingerprint density at radius 1 is 1.00 bits per heavy atom. The van der Waals surface area contributed by atoms with Crippen LogP contribution in [0.4, 0.5) is 11.6 Å². The summed E-state index contributed by atoms with van der Waals surface area (Å²) < 4.78 is 27.5. The number of morpholine rings is 1. The van der Waals surface area contributed by atoms with E-state index < -0.39 is 0 Å². The van der Waals surface area contributed by atoms with Gasteiger partial charge in [-0.3, -0.25) is 9.58 Å². The number of ether oxygens (including phenoxy) is 4. The van der Waals surface area contributed by atoms with Crippen LogP contribution in [-0.2, 0) is 16.0 Å². The van der Waals surface area contributed by atoms with E-state index in [1.165, 1.54) is 6.33 Å². The minimum absolute atomic E-state index is 0.0880. The summed E-state index contributed by atoms with van der Waals surface area (Å²) in [6, 6.07) is 8.53. The van der Waals surface area contributed by atoms with Gasteiger partial charge in [0.2, 0.25) is 5.95 Å². The molecule has 4 heterocycles. The average molecular weight is 685 g/mol. The number of nitrogens with zero attached hydrogens (tertiary/aromatic N) is 9. The van der Waals surface area contributed by atoms with Crippen LogP contribution in [0.2, 0.25) is 0 Å². The molecule has 4 aromatic rings. The zero-order chi connectivity index (χ0) is 35.0. The van der Waals surface area contributed by atoms with Crippen LogP contribution >= 0.6 is 0 Å². The van der Waals surface area contributed by atoms with Crippen molar-refractivity contribution >= 4 is 11.6 Å². The highest BCUT2D eigenvalue weighted by Gasteiger charge is 2.32. The molecule has 266 valence electrons. The molecule has 4 atom stereocenters. The Labute approximate surface area is 293 Å². The maximum absolute atomic E-state index is 9.69. The predicted molar refractivity (Wildman–Crippen MR) is 187 cm³/mol. The van der Waals surface area contributed by atoms with Crippen molar-refractivity contribution in [2.24, 2.45) is 0 Å². The topological polar surface area (TPSA) is 150 Å². The Morgan fingerprint density at radius 2 is 1.74 bits per heavy atom. The lowest BCUT2D eigenvalue weighted by Crippen LogP contribution is -2.51. The molecule has 14 nitrogen and oxygen atoms in total. The molecular weight excluding hydrogens is 636 g/mol. The largest absolute Gasteiger partial charge is 0.487 e. The molecule has 3 aromatic heterocycles. The molecular formula is C36H48N10O4. The summed E-state index contributed by atoms with van der Waals surface area (Å²) in [6.45, 7) is 11.4. The molecule has 50 heavy (non-hydrogen) atoms. The van der Waals surface area contributed by atoms with Gasteiger partial charge in [-0.15, -0.1) is 5.10 Å². The van der Waals surface area contributed by atoms with Gasteiger partial charge in [-0.1, -0.05) is 6.07 Å². The van der Waals surface area contributed by atoms with Crippen LogP contribution in [0.5, 0.6) is 11.6 Å². The Kier molecular flexibility index (Phi) is 11.6. The lowest BCUT2D eigenvalue weighted by atomic mass is 9.89. The second-order valence-electron chi connectivity index (χ2n) is 13.5. The smallest absolute Gasteiger partial charge is 0.257 e. The first-order chi connectivity index (χ1) is 24.3. The lowest BCUT2D eigenvalue weighted by Gasteiger charge is -2.42. The van der Waals surface area contributed by atoms with Gasteiger partial charge >= 0.3 is 0 Å². The number of nitrogens with one attached hydrogen (secondary N) is 1. The van der Waals surface area contributed by atoms with E-state index in [1.54, 1.807) is 36.6 Å². The molecule has 2 aliphatic rings. The number of methoxy groups -OCH3 is 1. The van der Waals surface area contributed by atoms with Gasteiger partial charge in [-0.25, -0.2) is 19.6 Å².